The summed E-state index contributed by atoms with van der Waals surface area (Å²) in [7, 11) is 0. The first-order valence-corrected chi connectivity index (χ1v) is 4.18. The van der Waals surface area contributed by atoms with Gasteiger partial charge in [-0.3, -0.25) is 4.79 Å². The third-order valence-electron chi connectivity index (χ3n) is 1.95. The van der Waals surface area contributed by atoms with Crippen LogP contribution in [0, 0.1) is 5.92 Å². The minimum absolute atomic E-state index is 0. The normalized spacial score (nSPS) is 15.7. The van der Waals surface area contributed by atoms with Gasteiger partial charge in [0, 0.05) is 0 Å². The van der Waals surface area contributed by atoms with E-state index in [0.29, 0.717) is 0 Å². The molecule has 0 saturated heterocycles. The summed E-state index contributed by atoms with van der Waals surface area (Å²) in [6, 6.07) is 0. The largest absolute Gasteiger partial charge is 1.00 e. The van der Waals surface area contributed by atoms with Gasteiger partial charge in [0.15, 0.2) is 0 Å². The molecule has 6 heteroatoms. The third-order valence-corrected chi connectivity index (χ3v) is 1.95. The maximum atomic E-state index is 10.4. The van der Waals surface area contributed by atoms with Crippen LogP contribution in [0.2, 0.25) is 0 Å². The fourth-order valence-electron chi connectivity index (χ4n) is 1.35. The molecule has 0 heterocycles. The van der Waals surface area contributed by atoms with E-state index in [2.05, 4.69) is 0 Å². The van der Waals surface area contributed by atoms with Gasteiger partial charge in [-0.05, 0) is 12.8 Å². The molecule has 0 atom stereocenters. The molecule has 5 nitrogen and oxygen atoms in total. The first kappa shape index (κ1) is 16.8. The molecule has 1 rings (SSSR count). The summed E-state index contributed by atoms with van der Waals surface area (Å²) in [4.78, 5) is 18.9. The van der Waals surface area contributed by atoms with Crippen molar-refractivity contribution in [2.75, 3.05) is 0 Å². The third kappa shape index (κ3) is 10.5. The summed E-state index contributed by atoms with van der Waals surface area (Å²) in [5.41, 5.74) is 0. The van der Waals surface area contributed by atoms with Crippen LogP contribution >= 0.6 is 0 Å². The fraction of sp³-hybridized carbons (Fsp3) is 0.750. The molecule has 0 aliphatic heterocycles. The molecule has 0 bridgehead atoms. The van der Waals surface area contributed by atoms with E-state index in [-0.39, 0.29) is 58.7 Å². The number of rotatable bonds is 1. The molecule has 3 N–H and O–H groups in total. The van der Waals surface area contributed by atoms with Crippen molar-refractivity contribution in [1.29, 1.82) is 0 Å². The van der Waals surface area contributed by atoms with Crippen LogP contribution in [0.3, 0.4) is 0 Å². The number of carboxylic acid groups (broad SMARTS) is 3. The molecule has 0 aromatic rings. The van der Waals surface area contributed by atoms with Crippen LogP contribution in [-0.4, -0.2) is 27.4 Å². The van der Waals surface area contributed by atoms with E-state index in [0.717, 1.165) is 25.7 Å². The Morgan fingerprint density at radius 3 is 1.57 bits per heavy atom. The molecule has 0 amide bonds. The summed E-state index contributed by atoms with van der Waals surface area (Å²) in [5, 5.41) is 22.5. The van der Waals surface area contributed by atoms with E-state index in [1.807, 2.05) is 0 Å². The van der Waals surface area contributed by atoms with Crippen LogP contribution in [-0.2, 0) is 4.79 Å². The van der Waals surface area contributed by atoms with E-state index in [9.17, 15) is 4.79 Å². The van der Waals surface area contributed by atoms with Gasteiger partial charge < -0.3 is 16.7 Å². The van der Waals surface area contributed by atoms with E-state index in [1.165, 1.54) is 6.42 Å². The number of hydrogen-bond acceptors (Lipinski definition) is 2. The second-order valence-corrected chi connectivity index (χ2v) is 2.96. The molecule has 0 radical (unpaired) electrons. The summed E-state index contributed by atoms with van der Waals surface area (Å²) in [6.45, 7) is 0. The van der Waals surface area contributed by atoms with E-state index < -0.39 is 12.1 Å². The van der Waals surface area contributed by atoms with Crippen LogP contribution in [0.5, 0.6) is 0 Å². The van der Waals surface area contributed by atoms with Crippen LogP contribution in [0.25, 0.3) is 0 Å². The topological polar surface area (TPSA) is 94.8 Å². The van der Waals surface area contributed by atoms with Gasteiger partial charge in [0.05, 0.1) is 5.92 Å². The molecule has 78 valence electrons. The summed E-state index contributed by atoms with van der Waals surface area (Å²) < 4.78 is 0. The summed E-state index contributed by atoms with van der Waals surface area (Å²) in [6.07, 6.45) is 3.41. The predicted octanol–water partition coefficient (Wildman–Crippen LogP) is -1.01. The first-order valence-electron chi connectivity index (χ1n) is 4.18. The zero-order valence-electron chi connectivity index (χ0n) is 9.27. The number of hydrogen-bond donors (Lipinski definition) is 3. The SMILES string of the molecule is O=C(O)C1CCCCC1.O=C(O)O.[H-].[K+]. The average Bonchev–Trinajstić information content (AvgIpc) is 2.05. The standard InChI is InChI=1S/C7H12O2.CH2O3.K.H/c8-7(9)6-4-2-1-3-5-6;2-1(3)4;;/h6H,1-5H2,(H,8,9);(H2,2,3,4);;/q;;+1;-1. The maximum absolute atomic E-state index is 10.4. The van der Waals surface area contributed by atoms with Gasteiger partial charge in [0.25, 0.3) is 0 Å². The van der Waals surface area contributed by atoms with Crippen molar-refractivity contribution in [3.05, 3.63) is 0 Å². The molecule has 0 unspecified atom stereocenters. The van der Waals surface area contributed by atoms with Crippen LogP contribution in [0.15, 0.2) is 0 Å². The van der Waals surface area contributed by atoms with Crippen molar-refractivity contribution in [2.45, 2.75) is 32.1 Å². The number of carbonyl (C=O) groups is 2. The molecule has 1 saturated carbocycles. The van der Waals surface area contributed by atoms with E-state index in [4.69, 9.17) is 20.1 Å². The molecule has 0 spiro atoms. The second kappa shape index (κ2) is 9.91. The monoisotopic (exact) mass is 230 g/mol. The van der Waals surface area contributed by atoms with E-state index in [1.54, 1.807) is 0 Å². The smallest absolute Gasteiger partial charge is 1.00 e. The summed E-state index contributed by atoms with van der Waals surface area (Å²) in [5.74, 6) is -0.631. The number of aliphatic carboxylic acids is 1. The van der Waals surface area contributed by atoms with Gasteiger partial charge >= 0.3 is 63.5 Å². The predicted molar refractivity (Wildman–Crippen MR) is 46.0 cm³/mol. The van der Waals surface area contributed by atoms with Crippen molar-refractivity contribution >= 4 is 12.1 Å². The molecule has 14 heavy (non-hydrogen) atoms. The Labute approximate surface area is 126 Å². The minimum Gasteiger partial charge on any atom is -1.00 e. The van der Waals surface area contributed by atoms with Crippen LogP contribution < -0.4 is 51.4 Å². The number of carboxylic acids is 1. The Balaban J connectivity index is -0.000000213. The Morgan fingerprint density at radius 1 is 1.00 bits per heavy atom. The molecule has 0 aromatic carbocycles. The quantitative estimate of drug-likeness (QED) is 0.502. The molecular formula is C8H15KO5. The molecule has 1 fully saturated rings. The van der Waals surface area contributed by atoms with Gasteiger partial charge in [-0.2, -0.15) is 0 Å². The average molecular weight is 230 g/mol. The zero-order chi connectivity index (χ0) is 10.3. The Hall–Kier alpha value is 0.376. The van der Waals surface area contributed by atoms with E-state index >= 15 is 0 Å². The fourth-order valence-corrected chi connectivity index (χ4v) is 1.35. The van der Waals surface area contributed by atoms with Gasteiger partial charge in [0.1, 0.15) is 0 Å². The molecule has 1 aliphatic rings. The first-order chi connectivity index (χ1) is 6.04. The van der Waals surface area contributed by atoms with Gasteiger partial charge in [-0.25, -0.2) is 4.79 Å². The summed E-state index contributed by atoms with van der Waals surface area (Å²) >= 11 is 0. The Kier molecular flexibility index (Phi) is 11.9. The van der Waals surface area contributed by atoms with Crippen molar-refractivity contribution < 1.29 is 77.7 Å². The zero-order valence-corrected chi connectivity index (χ0v) is 11.4. The second-order valence-electron chi connectivity index (χ2n) is 2.96. The van der Waals surface area contributed by atoms with Crippen LogP contribution in [0.4, 0.5) is 4.79 Å². The molecule has 0 aromatic heterocycles. The Bertz CT molecular complexity index is 178. The van der Waals surface area contributed by atoms with Crippen molar-refractivity contribution in [2.24, 2.45) is 5.92 Å². The van der Waals surface area contributed by atoms with Gasteiger partial charge in [0.2, 0.25) is 0 Å². The Morgan fingerprint density at radius 2 is 1.36 bits per heavy atom. The van der Waals surface area contributed by atoms with Crippen LogP contribution in [0.1, 0.15) is 33.5 Å². The van der Waals surface area contributed by atoms with Crippen molar-refractivity contribution in [3.8, 4) is 0 Å². The molecular weight excluding hydrogens is 215 g/mol. The maximum Gasteiger partial charge on any atom is 1.00 e. The van der Waals surface area contributed by atoms with Gasteiger partial charge in [-0.15, -0.1) is 0 Å². The van der Waals surface area contributed by atoms with Crippen molar-refractivity contribution in [1.82, 2.24) is 0 Å². The van der Waals surface area contributed by atoms with Gasteiger partial charge in [-0.1, -0.05) is 19.3 Å². The molecule has 1 aliphatic carbocycles. The van der Waals surface area contributed by atoms with Crippen molar-refractivity contribution in [3.63, 3.8) is 0 Å². The minimum atomic E-state index is -1.83.